The molecule has 0 spiro atoms. The molecule has 2 aliphatic carbocycles. The fourth-order valence-electron chi connectivity index (χ4n) is 4.59. The number of rotatable bonds is 7. The molecule has 0 bridgehead atoms. The zero-order valence-electron chi connectivity index (χ0n) is 17.0. The summed E-state index contributed by atoms with van der Waals surface area (Å²) in [6.45, 7) is 2.48. The number of nitrogens with zero attached hydrogens (tertiary/aromatic N) is 1. The predicted octanol–water partition coefficient (Wildman–Crippen LogP) is 6.05. The Hall–Kier alpha value is -1.55. The number of hydrogen-bond donors (Lipinski definition) is 1. The van der Waals surface area contributed by atoms with Crippen molar-refractivity contribution in [2.24, 2.45) is 16.9 Å². The summed E-state index contributed by atoms with van der Waals surface area (Å²) < 4.78 is 5.76. The normalized spacial score (nSPS) is 22.2. The molecule has 0 radical (unpaired) electrons. The standard InChI is InChI=1S/C23H33ClN2O2/c1-17-16-19(24)13-14-22(17)28-15-7-12-23(27)26-25-21-11-6-5-10-20(21)18-8-3-2-4-9-18/h13-14,16,18,20H,2-12,15H2,1H3,(H,26,27). The van der Waals surface area contributed by atoms with Crippen LogP contribution in [0.5, 0.6) is 5.75 Å². The van der Waals surface area contributed by atoms with Gasteiger partial charge in [0.25, 0.3) is 0 Å². The van der Waals surface area contributed by atoms with E-state index in [0.717, 1.165) is 23.7 Å². The van der Waals surface area contributed by atoms with Crippen LogP contribution in [0.3, 0.4) is 0 Å². The third kappa shape index (κ3) is 6.23. The lowest BCUT2D eigenvalue weighted by Crippen LogP contribution is -2.31. The van der Waals surface area contributed by atoms with Gasteiger partial charge < -0.3 is 4.74 Å². The Bertz CT molecular complexity index is 683. The molecule has 0 aromatic heterocycles. The number of aryl methyl sites for hydroxylation is 1. The fourth-order valence-corrected chi connectivity index (χ4v) is 4.81. The molecule has 0 saturated heterocycles. The van der Waals surface area contributed by atoms with Gasteiger partial charge in [0.1, 0.15) is 5.75 Å². The highest BCUT2D eigenvalue weighted by Gasteiger charge is 2.29. The Balaban J connectivity index is 1.42. The highest BCUT2D eigenvalue weighted by atomic mass is 35.5. The molecule has 1 aromatic rings. The monoisotopic (exact) mass is 404 g/mol. The molecule has 5 heteroatoms. The summed E-state index contributed by atoms with van der Waals surface area (Å²) in [5, 5.41) is 5.27. The Morgan fingerprint density at radius 3 is 2.75 bits per heavy atom. The fraction of sp³-hybridized carbons (Fsp3) is 0.652. The molecule has 2 aliphatic rings. The third-order valence-corrected chi connectivity index (χ3v) is 6.35. The number of halogens is 1. The van der Waals surface area contributed by atoms with Gasteiger partial charge in [-0.2, -0.15) is 5.10 Å². The van der Waals surface area contributed by atoms with Crippen LogP contribution in [0.4, 0.5) is 0 Å². The van der Waals surface area contributed by atoms with Crippen LogP contribution in [0.15, 0.2) is 23.3 Å². The molecule has 1 aromatic carbocycles. The average molecular weight is 405 g/mol. The van der Waals surface area contributed by atoms with Crippen molar-refractivity contribution in [2.75, 3.05) is 6.61 Å². The maximum atomic E-state index is 12.2. The van der Waals surface area contributed by atoms with E-state index in [1.807, 2.05) is 25.1 Å². The largest absolute Gasteiger partial charge is 0.493 e. The second kappa shape index (κ2) is 10.8. The summed E-state index contributed by atoms with van der Waals surface area (Å²) in [4.78, 5) is 12.2. The highest BCUT2D eigenvalue weighted by molar-refractivity contribution is 6.30. The van der Waals surface area contributed by atoms with Crippen molar-refractivity contribution in [1.82, 2.24) is 5.43 Å². The molecule has 1 N–H and O–H groups in total. The van der Waals surface area contributed by atoms with Crippen LogP contribution in [0.1, 0.15) is 76.2 Å². The Morgan fingerprint density at radius 1 is 1.18 bits per heavy atom. The minimum atomic E-state index is -0.0168. The molecule has 0 aliphatic heterocycles. The molecule has 154 valence electrons. The van der Waals surface area contributed by atoms with E-state index in [0.29, 0.717) is 30.4 Å². The van der Waals surface area contributed by atoms with E-state index in [4.69, 9.17) is 16.3 Å². The van der Waals surface area contributed by atoms with E-state index in [9.17, 15) is 4.79 Å². The molecular formula is C23H33ClN2O2. The van der Waals surface area contributed by atoms with Gasteiger partial charge in [0.05, 0.1) is 6.61 Å². The van der Waals surface area contributed by atoms with E-state index >= 15 is 0 Å². The molecule has 2 saturated carbocycles. The molecule has 0 heterocycles. The van der Waals surface area contributed by atoms with Gasteiger partial charge in [-0.25, -0.2) is 5.43 Å². The van der Waals surface area contributed by atoms with Crippen LogP contribution in [0, 0.1) is 18.8 Å². The summed E-state index contributed by atoms with van der Waals surface area (Å²) in [5.41, 5.74) is 5.06. The summed E-state index contributed by atoms with van der Waals surface area (Å²) in [6.07, 6.45) is 12.6. The Labute approximate surface area is 174 Å². The summed E-state index contributed by atoms with van der Waals surface area (Å²) in [5.74, 6) is 2.17. The first-order valence-electron chi connectivity index (χ1n) is 10.9. The summed E-state index contributed by atoms with van der Waals surface area (Å²) in [7, 11) is 0. The van der Waals surface area contributed by atoms with Crippen LogP contribution < -0.4 is 10.2 Å². The van der Waals surface area contributed by atoms with E-state index < -0.39 is 0 Å². The number of hydrogen-bond acceptors (Lipinski definition) is 3. The first-order valence-corrected chi connectivity index (χ1v) is 11.3. The number of carbonyl (C=O) groups is 1. The van der Waals surface area contributed by atoms with Gasteiger partial charge >= 0.3 is 0 Å². The average Bonchev–Trinajstić information content (AvgIpc) is 2.72. The van der Waals surface area contributed by atoms with Crippen molar-refractivity contribution >= 4 is 23.2 Å². The zero-order valence-corrected chi connectivity index (χ0v) is 17.8. The van der Waals surface area contributed by atoms with Crippen LogP contribution in [0.25, 0.3) is 0 Å². The highest BCUT2D eigenvalue weighted by Crippen LogP contribution is 2.36. The van der Waals surface area contributed by atoms with Crippen molar-refractivity contribution in [3.63, 3.8) is 0 Å². The first-order chi connectivity index (χ1) is 13.6. The van der Waals surface area contributed by atoms with Crippen LogP contribution in [0.2, 0.25) is 5.02 Å². The number of benzene rings is 1. The maximum absolute atomic E-state index is 12.2. The molecule has 28 heavy (non-hydrogen) atoms. The second-order valence-corrected chi connectivity index (χ2v) is 8.69. The first kappa shape index (κ1) is 21.2. The summed E-state index contributed by atoms with van der Waals surface area (Å²) in [6, 6.07) is 5.57. The Kier molecular flexibility index (Phi) is 8.20. The lowest BCUT2D eigenvalue weighted by molar-refractivity contribution is -0.121. The maximum Gasteiger partial charge on any atom is 0.240 e. The van der Waals surface area contributed by atoms with E-state index in [1.165, 1.54) is 57.1 Å². The van der Waals surface area contributed by atoms with Crippen LogP contribution in [-0.4, -0.2) is 18.2 Å². The van der Waals surface area contributed by atoms with Gasteiger partial charge in [-0.3, -0.25) is 4.79 Å². The van der Waals surface area contributed by atoms with Crippen LogP contribution >= 0.6 is 11.6 Å². The summed E-state index contributed by atoms with van der Waals surface area (Å²) >= 11 is 5.96. The number of nitrogens with one attached hydrogen (secondary N) is 1. The van der Waals surface area contributed by atoms with Crippen molar-refractivity contribution < 1.29 is 9.53 Å². The van der Waals surface area contributed by atoms with Crippen molar-refractivity contribution in [3.8, 4) is 5.75 Å². The van der Waals surface area contributed by atoms with Crippen molar-refractivity contribution in [1.29, 1.82) is 0 Å². The molecule has 1 atom stereocenters. The van der Waals surface area contributed by atoms with Gasteiger partial charge in [-0.05, 0) is 75.1 Å². The molecular weight excluding hydrogens is 372 g/mol. The van der Waals surface area contributed by atoms with E-state index in [-0.39, 0.29) is 5.91 Å². The molecule has 2 fully saturated rings. The molecule has 4 nitrogen and oxygen atoms in total. The lowest BCUT2D eigenvalue weighted by Gasteiger charge is -2.33. The van der Waals surface area contributed by atoms with Crippen molar-refractivity contribution in [3.05, 3.63) is 28.8 Å². The van der Waals surface area contributed by atoms with Gasteiger partial charge in [-0.15, -0.1) is 0 Å². The number of carbonyl (C=O) groups excluding carboxylic acids is 1. The zero-order chi connectivity index (χ0) is 19.8. The smallest absolute Gasteiger partial charge is 0.240 e. The minimum absolute atomic E-state index is 0.0168. The van der Waals surface area contributed by atoms with Crippen molar-refractivity contribution in [2.45, 2.75) is 77.6 Å². The van der Waals surface area contributed by atoms with Gasteiger partial charge in [0.15, 0.2) is 0 Å². The van der Waals surface area contributed by atoms with Gasteiger partial charge in [-0.1, -0.05) is 37.3 Å². The van der Waals surface area contributed by atoms with E-state index in [2.05, 4.69) is 10.5 Å². The predicted molar refractivity (Wildman–Crippen MR) is 115 cm³/mol. The van der Waals surface area contributed by atoms with Gasteiger partial charge in [0.2, 0.25) is 5.91 Å². The Morgan fingerprint density at radius 2 is 1.96 bits per heavy atom. The minimum Gasteiger partial charge on any atom is -0.493 e. The topological polar surface area (TPSA) is 50.7 Å². The number of hydrazone groups is 1. The lowest BCUT2D eigenvalue weighted by atomic mass is 9.72. The number of amides is 1. The third-order valence-electron chi connectivity index (χ3n) is 6.11. The number of ether oxygens (including phenoxy) is 1. The quantitative estimate of drug-likeness (QED) is 0.444. The molecule has 1 unspecified atom stereocenters. The SMILES string of the molecule is Cc1cc(Cl)ccc1OCCCC(=O)NN=C1CCCCC1C1CCCCC1. The van der Waals surface area contributed by atoms with Crippen LogP contribution in [-0.2, 0) is 4.79 Å². The van der Waals surface area contributed by atoms with Gasteiger partial charge in [0, 0.05) is 23.1 Å². The van der Waals surface area contributed by atoms with E-state index in [1.54, 1.807) is 0 Å². The second-order valence-electron chi connectivity index (χ2n) is 8.25. The molecule has 1 amide bonds. The molecule has 3 rings (SSSR count).